The Balaban J connectivity index is 0.000000166. The van der Waals surface area contributed by atoms with Gasteiger partial charge in [0.1, 0.15) is 17.6 Å². The fraction of sp³-hybridized carbons (Fsp3) is 0.167. The minimum atomic E-state index is -3.43. The van der Waals surface area contributed by atoms with Crippen molar-refractivity contribution in [3.8, 4) is 0 Å². The normalized spacial score (nSPS) is 14.8. The zero-order valence-corrected chi connectivity index (χ0v) is 38.7. The number of ether oxygens (including phenoxy) is 1. The number of halogens is 4. The molecular formula is C54H52Cl2F2N3O3P. The van der Waals surface area contributed by atoms with E-state index in [9.17, 15) is 18.4 Å². The minimum Gasteiger partial charge on any atom is -0.348 e. The summed E-state index contributed by atoms with van der Waals surface area (Å²) >= 11 is 14.5. The van der Waals surface area contributed by atoms with Crippen LogP contribution in [0.1, 0.15) is 54.6 Å². The van der Waals surface area contributed by atoms with Crippen molar-refractivity contribution in [1.29, 1.82) is 0 Å². The number of anilines is 1. The smallest absolute Gasteiger partial charge is 0.251 e. The number of carbonyl (C=O) groups excluding carboxylic acids is 2. The van der Waals surface area contributed by atoms with Crippen molar-refractivity contribution in [3.05, 3.63) is 229 Å². The van der Waals surface area contributed by atoms with Crippen molar-refractivity contribution in [2.45, 2.75) is 45.7 Å². The Kier molecular flexibility index (Phi) is 17.2. The van der Waals surface area contributed by atoms with Crippen LogP contribution in [0, 0.1) is 17.6 Å². The Morgan fingerprint density at radius 3 is 1.54 bits per heavy atom. The van der Waals surface area contributed by atoms with E-state index >= 15 is 0 Å². The number of hydrazone groups is 1. The predicted molar refractivity (Wildman–Crippen MR) is 266 cm³/mol. The summed E-state index contributed by atoms with van der Waals surface area (Å²) in [4.78, 5) is 24.5. The van der Waals surface area contributed by atoms with Crippen molar-refractivity contribution < 1.29 is 23.1 Å². The molecule has 7 aromatic rings. The zero-order chi connectivity index (χ0) is 46.1. The maximum Gasteiger partial charge on any atom is 0.251 e. The second kappa shape index (κ2) is 23.1. The second-order valence-electron chi connectivity index (χ2n) is 15.2. The molecule has 2 unspecified atom stereocenters. The second-order valence-corrected chi connectivity index (χ2v) is 23.1. The maximum absolute atomic E-state index is 13.4. The maximum atomic E-state index is 13.4. The summed E-state index contributed by atoms with van der Waals surface area (Å²) in [5, 5.41) is 8.96. The van der Waals surface area contributed by atoms with Gasteiger partial charge >= 0.3 is 141 Å². The number of unbranched alkanes of at least 4 members (excludes halogenated alkanes) is 1. The number of hydrogen-bond acceptors (Lipinski definition) is 5. The van der Waals surface area contributed by atoms with Gasteiger partial charge in [0.25, 0.3) is 5.91 Å². The first kappa shape index (κ1) is 48.3. The van der Waals surface area contributed by atoms with Crippen LogP contribution in [0.2, 0.25) is 0 Å². The van der Waals surface area contributed by atoms with Crippen LogP contribution in [0.4, 0.5) is 14.5 Å². The van der Waals surface area contributed by atoms with Crippen molar-refractivity contribution >= 4 is 67.0 Å². The molecule has 65 heavy (non-hydrogen) atoms. The molecule has 11 heteroatoms. The summed E-state index contributed by atoms with van der Waals surface area (Å²) in [5.74, 6) is -1.63. The molecule has 7 aromatic carbocycles. The molecule has 1 aliphatic heterocycles. The van der Waals surface area contributed by atoms with Crippen LogP contribution in [0.15, 0.2) is 205 Å². The van der Waals surface area contributed by atoms with E-state index in [1.807, 2.05) is 157 Å². The molecular weight excluding hydrogens is 878 g/mol. The molecule has 0 bridgehead atoms. The molecule has 0 aromatic heterocycles. The van der Waals surface area contributed by atoms with Crippen LogP contribution in [-0.4, -0.2) is 30.2 Å². The summed E-state index contributed by atoms with van der Waals surface area (Å²) in [6.07, 6.45) is 2.83. The largest absolute Gasteiger partial charge is 0.348 e. The summed E-state index contributed by atoms with van der Waals surface area (Å²) in [6, 6.07) is 60.8. The van der Waals surface area contributed by atoms with Gasteiger partial charge in [-0.15, -0.1) is 0 Å². The topological polar surface area (TPSA) is 71.0 Å². The van der Waals surface area contributed by atoms with E-state index in [4.69, 9.17) is 32.3 Å². The third kappa shape index (κ3) is 12.1. The van der Waals surface area contributed by atoms with E-state index in [2.05, 4.69) is 12.2 Å². The Morgan fingerprint density at radius 1 is 0.631 bits per heavy atom. The molecule has 1 amide bonds. The zero-order valence-electron chi connectivity index (χ0n) is 36.3. The minimum absolute atomic E-state index is 0.119. The van der Waals surface area contributed by atoms with Crippen LogP contribution in [0.25, 0.3) is 0 Å². The Labute approximate surface area is 390 Å². The molecule has 8 rings (SSSR count). The van der Waals surface area contributed by atoms with Crippen molar-refractivity contribution in [2.75, 3.05) is 11.6 Å². The molecule has 0 radical (unpaired) electrons. The molecule has 6 nitrogen and oxygen atoms in total. The van der Waals surface area contributed by atoms with Gasteiger partial charge in [0.2, 0.25) is 0 Å². The average molecular weight is 931 g/mol. The predicted octanol–water partition coefficient (Wildman–Crippen LogP) is 12.4. The Bertz CT molecular complexity index is 2490. The van der Waals surface area contributed by atoms with Crippen LogP contribution >= 0.6 is 27.8 Å². The first-order valence-electron chi connectivity index (χ1n) is 21.6. The molecule has 1 aliphatic rings. The third-order valence-corrected chi connectivity index (χ3v) is 17.9. The van der Waals surface area contributed by atoms with Gasteiger partial charge in [0.05, 0.1) is 24.0 Å². The molecule has 0 aliphatic carbocycles. The number of amides is 1. The standard InChI is InChI=1S/C22H25FN2O2.C18H15Cl2P.C14H12FNO/c1-3-5-11-19-20(22(26)27-4-2)21(16-12-14-17(23)15-13-16)24-25(19)18-9-7-6-8-10-18;19-21(20,16-10-4-1-5-11-16,17-12-6-2-7-13-17)18-14-8-3-9-15-18;15-13-8-6-12(7-9-13)14(17)16-10-11-4-2-1-3-5-11/h6-10,12-15,19-20H,3-5,11H2,1-2H3;1-15H;1-9H,10H2,(H,16,17). The van der Waals surface area contributed by atoms with Gasteiger partial charge in [-0.25, -0.2) is 8.78 Å². The molecule has 334 valence electrons. The molecule has 0 fully saturated rings. The Hall–Kier alpha value is -6.18. The van der Waals surface area contributed by atoms with E-state index in [0.717, 1.165) is 52.0 Å². The Morgan fingerprint density at radius 2 is 1.08 bits per heavy atom. The van der Waals surface area contributed by atoms with E-state index in [0.29, 0.717) is 24.4 Å². The molecule has 1 heterocycles. The van der Waals surface area contributed by atoms with Crippen molar-refractivity contribution in [3.63, 3.8) is 0 Å². The average Bonchev–Trinajstić information content (AvgIpc) is 3.74. The van der Waals surface area contributed by atoms with Gasteiger partial charge in [-0.05, 0) is 73.0 Å². The van der Waals surface area contributed by atoms with E-state index in [1.54, 1.807) is 19.1 Å². The van der Waals surface area contributed by atoms with E-state index < -0.39 is 11.2 Å². The fourth-order valence-electron chi connectivity index (χ4n) is 7.46. The molecule has 0 spiro atoms. The van der Waals surface area contributed by atoms with Crippen LogP contribution in [-0.2, 0) is 16.1 Å². The first-order chi connectivity index (χ1) is 31.5. The van der Waals surface area contributed by atoms with E-state index in [1.165, 1.54) is 36.4 Å². The number of para-hydroxylation sites is 1. The van der Waals surface area contributed by atoms with E-state index in [-0.39, 0.29) is 29.6 Å². The summed E-state index contributed by atoms with van der Waals surface area (Å²) in [7, 11) is 0. The van der Waals surface area contributed by atoms with Crippen LogP contribution < -0.4 is 26.2 Å². The van der Waals surface area contributed by atoms with Crippen LogP contribution in [0.3, 0.4) is 0 Å². The SMILES string of the molecule is CCCCC1C(C(=O)OCC)C(c2ccc(F)cc2)=NN1c1ccccc1.ClP(Cl)(c1ccccc1)(c1ccccc1)c1ccccc1.O=C(NCc1ccccc1)c1ccc(F)cc1. The van der Waals surface area contributed by atoms with Gasteiger partial charge in [0.15, 0.2) is 0 Å². The van der Waals surface area contributed by atoms with Gasteiger partial charge in [-0.1, -0.05) is 80.4 Å². The summed E-state index contributed by atoms with van der Waals surface area (Å²) in [5.41, 5.74) is 3.81. The number of hydrogen-bond donors (Lipinski definition) is 1. The van der Waals surface area contributed by atoms with Crippen molar-refractivity contribution in [1.82, 2.24) is 5.32 Å². The number of esters is 1. The third-order valence-electron chi connectivity index (χ3n) is 10.8. The van der Waals surface area contributed by atoms with Crippen molar-refractivity contribution in [2.24, 2.45) is 11.0 Å². The molecule has 2 atom stereocenters. The molecule has 0 saturated heterocycles. The molecule has 1 N–H and O–H groups in total. The van der Waals surface area contributed by atoms with Crippen LogP contribution in [0.5, 0.6) is 0 Å². The monoisotopic (exact) mass is 929 g/mol. The first-order valence-corrected chi connectivity index (χ1v) is 25.6. The summed E-state index contributed by atoms with van der Waals surface area (Å²) < 4.78 is 31.4. The van der Waals surface area contributed by atoms with Gasteiger partial charge in [-0.2, -0.15) is 5.10 Å². The van der Waals surface area contributed by atoms with Gasteiger partial charge < -0.3 is 10.1 Å². The number of nitrogens with zero attached hydrogens (tertiary/aromatic N) is 2. The van der Waals surface area contributed by atoms with Gasteiger partial charge in [-0.3, -0.25) is 14.6 Å². The quantitative estimate of drug-likeness (QED) is 0.0924. The number of carbonyl (C=O) groups is 2. The number of rotatable bonds is 13. The molecule has 0 saturated carbocycles. The van der Waals surface area contributed by atoms with Gasteiger partial charge in [0, 0.05) is 12.1 Å². The number of nitrogens with one attached hydrogen (secondary N) is 1. The number of benzene rings is 7. The summed E-state index contributed by atoms with van der Waals surface area (Å²) in [6.45, 7) is 4.72. The fourth-order valence-corrected chi connectivity index (χ4v) is 12.5.